The van der Waals surface area contributed by atoms with Gasteiger partial charge in [-0.15, -0.1) is 11.3 Å². The molecule has 1 aliphatic rings. The highest BCUT2D eigenvalue weighted by molar-refractivity contribution is 7.10. The summed E-state index contributed by atoms with van der Waals surface area (Å²) in [5.41, 5.74) is 0.946. The van der Waals surface area contributed by atoms with E-state index in [1.54, 1.807) is 23.5 Å². The maximum Gasteiger partial charge on any atom is 0.236 e. The first-order valence-corrected chi connectivity index (χ1v) is 8.93. The number of rotatable bonds is 5. The molecule has 24 heavy (non-hydrogen) atoms. The van der Waals surface area contributed by atoms with E-state index >= 15 is 0 Å². The first kappa shape index (κ1) is 17.1. The van der Waals surface area contributed by atoms with Gasteiger partial charge in [0.15, 0.2) is 0 Å². The first-order valence-electron chi connectivity index (χ1n) is 8.05. The van der Waals surface area contributed by atoms with E-state index in [0.29, 0.717) is 19.7 Å². The normalized spacial score (nSPS) is 19.2. The van der Waals surface area contributed by atoms with Crippen molar-refractivity contribution in [1.29, 1.82) is 0 Å². The molecule has 0 spiro atoms. The van der Waals surface area contributed by atoms with Crippen molar-refractivity contribution in [3.05, 3.63) is 58.0 Å². The van der Waals surface area contributed by atoms with Crippen LogP contribution in [-0.4, -0.2) is 43.2 Å². The molecular formula is C18H21FN2O2S. The Labute approximate surface area is 145 Å². The smallest absolute Gasteiger partial charge is 0.236 e. The largest absolute Gasteiger partial charge is 0.375 e. The Balaban J connectivity index is 1.68. The van der Waals surface area contributed by atoms with Crippen LogP contribution in [0.2, 0.25) is 0 Å². The van der Waals surface area contributed by atoms with E-state index in [4.69, 9.17) is 4.74 Å². The van der Waals surface area contributed by atoms with Crippen molar-refractivity contribution in [2.45, 2.75) is 19.1 Å². The third-order valence-corrected chi connectivity index (χ3v) is 5.02. The van der Waals surface area contributed by atoms with E-state index in [1.165, 1.54) is 12.1 Å². The molecule has 1 aromatic carbocycles. The molecule has 1 aliphatic heterocycles. The van der Waals surface area contributed by atoms with Gasteiger partial charge in [-0.25, -0.2) is 4.39 Å². The SMILES string of the molecule is C[C@@H]1CN(C(=O)CN[C@@H](c2ccc(F)cc2)c2cccs2)CCO1. The van der Waals surface area contributed by atoms with Crippen LogP contribution in [0.3, 0.4) is 0 Å². The van der Waals surface area contributed by atoms with Crippen LogP contribution in [0.15, 0.2) is 41.8 Å². The van der Waals surface area contributed by atoms with Gasteiger partial charge in [-0.05, 0) is 36.1 Å². The van der Waals surface area contributed by atoms with Gasteiger partial charge in [0, 0.05) is 18.0 Å². The highest BCUT2D eigenvalue weighted by Gasteiger charge is 2.23. The molecule has 1 amide bonds. The fraction of sp³-hybridized carbons (Fsp3) is 0.389. The summed E-state index contributed by atoms with van der Waals surface area (Å²) < 4.78 is 18.7. The van der Waals surface area contributed by atoms with Crippen molar-refractivity contribution in [3.8, 4) is 0 Å². The third kappa shape index (κ3) is 4.20. The predicted octanol–water partition coefficient (Wildman–Crippen LogP) is 2.81. The van der Waals surface area contributed by atoms with Gasteiger partial charge < -0.3 is 9.64 Å². The third-order valence-electron chi connectivity index (χ3n) is 4.08. The molecular weight excluding hydrogens is 327 g/mol. The minimum Gasteiger partial charge on any atom is -0.375 e. The zero-order valence-corrected chi connectivity index (χ0v) is 14.4. The number of benzene rings is 1. The van der Waals surface area contributed by atoms with Crippen LogP contribution in [-0.2, 0) is 9.53 Å². The van der Waals surface area contributed by atoms with Crippen molar-refractivity contribution < 1.29 is 13.9 Å². The van der Waals surface area contributed by atoms with Crippen LogP contribution in [0.5, 0.6) is 0 Å². The number of hydrogen-bond acceptors (Lipinski definition) is 4. The Morgan fingerprint density at radius 3 is 2.88 bits per heavy atom. The van der Waals surface area contributed by atoms with Gasteiger partial charge >= 0.3 is 0 Å². The lowest BCUT2D eigenvalue weighted by molar-refractivity contribution is -0.137. The molecule has 1 saturated heterocycles. The quantitative estimate of drug-likeness (QED) is 0.903. The summed E-state index contributed by atoms with van der Waals surface area (Å²) in [6.45, 7) is 4.05. The van der Waals surface area contributed by atoms with Gasteiger partial charge in [0.2, 0.25) is 5.91 Å². The van der Waals surface area contributed by atoms with E-state index in [1.807, 2.05) is 29.3 Å². The number of ether oxygens (including phenoxy) is 1. The number of morpholine rings is 1. The lowest BCUT2D eigenvalue weighted by Crippen LogP contribution is -2.48. The Morgan fingerprint density at radius 1 is 1.42 bits per heavy atom. The van der Waals surface area contributed by atoms with E-state index < -0.39 is 0 Å². The second-order valence-electron chi connectivity index (χ2n) is 5.90. The van der Waals surface area contributed by atoms with Gasteiger partial charge in [0.05, 0.1) is 25.3 Å². The topological polar surface area (TPSA) is 41.6 Å². The van der Waals surface area contributed by atoms with E-state index in [2.05, 4.69) is 5.32 Å². The maximum atomic E-state index is 13.2. The van der Waals surface area contributed by atoms with Crippen molar-refractivity contribution in [3.63, 3.8) is 0 Å². The fourth-order valence-corrected chi connectivity index (χ4v) is 3.67. The number of nitrogens with one attached hydrogen (secondary N) is 1. The lowest BCUT2D eigenvalue weighted by atomic mass is 10.1. The Hall–Kier alpha value is -1.76. The number of carbonyl (C=O) groups excluding carboxylic acids is 1. The molecule has 1 aromatic heterocycles. The molecule has 3 rings (SSSR count). The number of amides is 1. The second kappa shape index (κ2) is 7.88. The van der Waals surface area contributed by atoms with Crippen LogP contribution < -0.4 is 5.32 Å². The minimum absolute atomic E-state index is 0.0637. The van der Waals surface area contributed by atoms with Crippen LogP contribution in [0.1, 0.15) is 23.4 Å². The summed E-state index contributed by atoms with van der Waals surface area (Å²) in [6, 6.07) is 10.3. The van der Waals surface area contributed by atoms with Crippen molar-refractivity contribution >= 4 is 17.2 Å². The fourth-order valence-electron chi connectivity index (χ4n) is 2.84. The van der Waals surface area contributed by atoms with Crippen molar-refractivity contribution in [2.75, 3.05) is 26.2 Å². The molecule has 2 heterocycles. The van der Waals surface area contributed by atoms with Crippen LogP contribution >= 0.6 is 11.3 Å². The number of halogens is 1. The molecule has 4 nitrogen and oxygen atoms in total. The molecule has 2 aromatic rings. The Morgan fingerprint density at radius 2 is 2.21 bits per heavy atom. The number of hydrogen-bond donors (Lipinski definition) is 1. The molecule has 0 unspecified atom stereocenters. The summed E-state index contributed by atoms with van der Waals surface area (Å²) in [7, 11) is 0. The molecule has 1 N–H and O–H groups in total. The number of carbonyl (C=O) groups is 1. The van der Waals surface area contributed by atoms with Gasteiger partial charge in [-0.1, -0.05) is 18.2 Å². The summed E-state index contributed by atoms with van der Waals surface area (Å²) in [4.78, 5) is 15.4. The molecule has 6 heteroatoms. The first-order chi connectivity index (χ1) is 11.6. The van der Waals surface area contributed by atoms with E-state index in [9.17, 15) is 9.18 Å². The highest BCUT2D eigenvalue weighted by Crippen LogP contribution is 2.26. The Kier molecular flexibility index (Phi) is 5.60. The zero-order chi connectivity index (χ0) is 16.9. The zero-order valence-electron chi connectivity index (χ0n) is 13.6. The predicted molar refractivity (Wildman–Crippen MR) is 92.6 cm³/mol. The van der Waals surface area contributed by atoms with Crippen molar-refractivity contribution in [2.24, 2.45) is 0 Å². The van der Waals surface area contributed by atoms with Gasteiger partial charge in [0.25, 0.3) is 0 Å². The average molecular weight is 348 g/mol. The van der Waals surface area contributed by atoms with E-state index in [0.717, 1.165) is 10.4 Å². The average Bonchev–Trinajstić information content (AvgIpc) is 3.11. The maximum absolute atomic E-state index is 13.2. The monoisotopic (exact) mass is 348 g/mol. The highest BCUT2D eigenvalue weighted by atomic mass is 32.1. The second-order valence-corrected chi connectivity index (χ2v) is 6.88. The van der Waals surface area contributed by atoms with Gasteiger partial charge in [0.1, 0.15) is 5.82 Å². The molecule has 0 saturated carbocycles. The summed E-state index contributed by atoms with van der Waals surface area (Å²) in [5.74, 6) is -0.198. The van der Waals surface area contributed by atoms with Crippen LogP contribution in [0.4, 0.5) is 4.39 Å². The van der Waals surface area contributed by atoms with Crippen LogP contribution in [0, 0.1) is 5.82 Å². The number of nitrogens with zero attached hydrogens (tertiary/aromatic N) is 1. The minimum atomic E-state index is -0.262. The van der Waals surface area contributed by atoms with Crippen molar-refractivity contribution in [1.82, 2.24) is 10.2 Å². The lowest BCUT2D eigenvalue weighted by Gasteiger charge is -2.31. The molecule has 0 aliphatic carbocycles. The molecule has 2 atom stereocenters. The summed E-state index contributed by atoms with van der Waals surface area (Å²) in [6.07, 6.45) is 0.0768. The van der Waals surface area contributed by atoms with E-state index in [-0.39, 0.29) is 30.4 Å². The molecule has 1 fully saturated rings. The molecule has 0 bridgehead atoms. The standard InChI is InChI=1S/C18H21FN2O2S/c1-13-12-21(8-9-23-13)17(22)11-20-18(16-3-2-10-24-16)14-4-6-15(19)7-5-14/h2-7,10,13,18,20H,8-9,11-12H2,1H3/t13-,18+/m1/s1. The Bertz CT molecular complexity index is 660. The molecule has 128 valence electrons. The number of thiophene rings is 1. The van der Waals surface area contributed by atoms with Gasteiger partial charge in [-0.2, -0.15) is 0 Å². The van der Waals surface area contributed by atoms with Gasteiger partial charge in [-0.3, -0.25) is 10.1 Å². The van der Waals surface area contributed by atoms with Crippen LogP contribution in [0.25, 0.3) is 0 Å². The summed E-state index contributed by atoms with van der Waals surface area (Å²) in [5, 5.41) is 5.32. The summed E-state index contributed by atoms with van der Waals surface area (Å²) >= 11 is 1.62. The molecule has 0 radical (unpaired) electrons.